The van der Waals surface area contributed by atoms with Gasteiger partial charge in [0.2, 0.25) is 0 Å². The molecule has 0 saturated heterocycles. The average Bonchev–Trinajstić information content (AvgIpc) is 2.90. The Hall–Kier alpha value is -3.85. The van der Waals surface area contributed by atoms with Crippen molar-refractivity contribution >= 4 is 27.6 Å². The van der Waals surface area contributed by atoms with Gasteiger partial charge < -0.3 is 14.4 Å². The number of fused-ring (bicyclic) bond motifs is 1. The average molecular weight is 495 g/mol. The second kappa shape index (κ2) is 10.2. The first-order valence-electron chi connectivity index (χ1n) is 11.0. The minimum Gasteiger partial charge on any atom is -0.495 e. The second-order valence-electron chi connectivity index (χ2n) is 8.08. The highest BCUT2D eigenvalue weighted by Crippen LogP contribution is 2.31. The Morgan fingerprint density at radius 3 is 2.31 bits per heavy atom. The number of amides is 1. The van der Waals surface area contributed by atoms with Crippen LogP contribution in [0.5, 0.6) is 5.75 Å². The van der Waals surface area contributed by atoms with Gasteiger partial charge in [0.25, 0.3) is 15.9 Å². The van der Waals surface area contributed by atoms with E-state index in [1.807, 2.05) is 18.2 Å². The molecule has 1 heterocycles. The van der Waals surface area contributed by atoms with Crippen LogP contribution in [0.3, 0.4) is 0 Å². The summed E-state index contributed by atoms with van der Waals surface area (Å²) >= 11 is 0. The molecule has 8 nitrogen and oxygen atoms in total. The van der Waals surface area contributed by atoms with Crippen LogP contribution in [-0.2, 0) is 32.5 Å². The van der Waals surface area contributed by atoms with Gasteiger partial charge in [-0.25, -0.2) is 13.2 Å². The summed E-state index contributed by atoms with van der Waals surface area (Å²) in [7, 11) is -0.994. The van der Waals surface area contributed by atoms with E-state index in [0.29, 0.717) is 24.5 Å². The Morgan fingerprint density at radius 1 is 0.943 bits per heavy atom. The molecule has 1 aliphatic rings. The molecular formula is C26H26N2O6S. The molecule has 0 unspecified atom stereocenters. The molecule has 4 rings (SSSR count). The summed E-state index contributed by atoms with van der Waals surface area (Å²) in [6.07, 6.45) is 0.759. The Balaban J connectivity index is 1.38. The number of hydrogen-bond donors (Lipinski definition) is 0. The molecule has 3 aromatic rings. The van der Waals surface area contributed by atoms with Crippen molar-refractivity contribution in [3.63, 3.8) is 0 Å². The maximum absolute atomic E-state index is 13.1. The van der Waals surface area contributed by atoms with E-state index in [-0.39, 0.29) is 23.0 Å². The predicted molar refractivity (Wildman–Crippen MR) is 131 cm³/mol. The number of esters is 1. The van der Waals surface area contributed by atoms with Crippen LogP contribution in [-0.4, -0.2) is 52.5 Å². The van der Waals surface area contributed by atoms with Crippen molar-refractivity contribution in [1.82, 2.24) is 4.90 Å². The Bertz CT molecular complexity index is 1340. The molecule has 35 heavy (non-hydrogen) atoms. The van der Waals surface area contributed by atoms with Gasteiger partial charge in [-0.1, -0.05) is 36.4 Å². The lowest BCUT2D eigenvalue weighted by Gasteiger charge is -2.28. The summed E-state index contributed by atoms with van der Waals surface area (Å²) < 4.78 is 37.7. The van der Waals surface area contributed by atoms with Gasteiger partial charge in [-0.05, 0) is 53.9 Å². The van der Waals surface area contributed by atoms with E-state index >= 15 is 0 Å². The number of nitrogens with zero attached hydrogens (tertiary/aromatic N) is 2. The summed E-state index contributed by atoms with van der Waals surface area (Å²) in [6, 6.07) is 20.1. The van der Waals surface area contributed by atoms with E-state index < -0.39 is 16.0 Å². The zero-order valence-corrected chi connectivity index (χ0v) is 20.3. The summed E-state index contributed by atoms with van der Waals surface area (Å²) in [6.45, 7) is 0.677. The molecule has 0 N–H and O–H groups in total. The number of ether oxygens (including phenoxy) is 2. The first-order valence-corrected chi connectivity index (χ1v) is 12.5. The zero-order valence-electron chi connectivity index (χ0n) is 19.5. The smallest absolute Gasteiger partial charge is 0.338 e. The fourth-order valence-electron chi connectivity index (χ4n) is 3.95. The first-order chi connectivity index (χ1) is 16.8. The number of anilines is 1. The largest absolute Gasteiger partial charge is 0.495 e. The number of hydrogen-bond acceptors (Lipinski definition) is 6. The molecule has 9 heteroatoms. The molecule has 0 spiro atoms. The highest BCUT2D eigenvalue weighted by molar-refractivity contribution is 7.92. The fraction of sp³-hybridized carbons (Fsp3) is 0.231. The number of sulfonamides is 1. The lowest BCUT2D eigenvalue weighted by atomic mass is 10.00. The van der Waals surface area contributed by atoms with Crippen LogP contribution in [0.1, 0.15) is 21.5 Å². The molecule has 0 saturated carbocycles. The molecule has 0 fully saturated rings. The number of para-hydroxylation sites is 2. The maximum atomic E-state index is 13.1. The van der Waals surface area contributed by atoms with Gasteiger partial charge >= 0.3 is 5.97 Å². The zero-order chi connectivity index (χ0) is 25.0. The van der Waals surface area contributed by atoms with E-state index in [9.17, 15) is 18.0 Å². The fourth-order valence-corrected chi connectivity index (χ4v) is 5.16. The van der Waals surface area contributed by atoms with Crippen LogP contribution < -0.4 is 9.04 Å². The molecule has 0 aromatic heterocycles. The Labute approximate surface area is 204 Å². The number of carbonyl (C=O) groups is 2. The molecule has 3 aromatic carbocycles. The van der Waals surface area contributed by atoms with Gasteiger partial charge in [0.05, 0.1) is 23.3 Å². The Morgan fingerprint density at radius 2 is 1.60 bits per heavy atom. The standard InChI is InChI=1S/C26H26N2O6S/c1-27(23-9-5-6-10-24(23)33-2)35(31,32)22-13-11-20(12-14-22)26(30)34-18-25(29)28-16-15-19-7-3-4-8-21(19)17-28/h3-14H,15-18H2,1-2H3. The minimum absolute atomic E-state index is 0.00511. The number of rotatable bonds is 7. The molecule has 1 aliphatic heterocycles. The highest BCUT2D eigenvalue weighted by atomic mass is 32.2. The lowest BCUT2D eigenvalue weighted by molar-refractivity contribution is -0.135. The summed E-state index contributed by atoms with van der Waals surface area (Å²) in [4.78, 5) is 26.7. The third-order valence-corrected chi connectivity index (χ3v) is 7.77. The number of benzene rings is 3. The number of carbonyl (C=O) groups excluding carboxylic acids is 2. The molecule has 0 radical (unpaired) electrons. The van der Waals surface area contributed by atoms with E-state index in [4.69, 9.17) is 9.47 Å². The maximum Gasteiger partial charge on any atom is 0.338 e. The van der Waals surface area contributed by atoms with Gasteiger partial charge in [0, 0.05) is 20.1 Å². The van der Waals surface area contributed by atoms with Crippen molar-refractivity contribution in [3.05, 3.63) is 89.5 Å². The first kappa shape index (κ1) is 24.3. The lowest BCUT2D eigenvalue weighted by Crippen LogP contribution is -2.38. The van der Waals surface area contributed by atoms with Crippen LogP contribution in [0.2, 0.25) is 0 Å². The van der Waals surface area contributed by atoms with Gasteiger partial charge in [-0.2, -0.15) is 0 Å². The SMILES string of the molecule is COc1ccccc1N(C)S(=O)(=O)c1ccc(C(=O)OCC(=O)N2CCc3ccccc3C2)cc1. The quantitative estimate of drug-likeness (QED) is 0.468. The summed E-state index contributed by atoms with van der Waals surface area (Å²) in [5.41, 5.74) is 2.85. The van der Waals surface area contributed by atoms with Gasteiger partial charge in [-0.15, -0.1) is 0 Å². The van der Waals surface area contributed by atoms with Crippen molar-refractivity contribution in [3.8, 4) is 5.75 Å². The Kier molecular flexibility index (Phi) is 7.07. The highest BCUT2D eigenvalue weighted by Gasteiger charge is 2.25. The van der Waals surface area contributed by atoms with Gasteiger partial charge in [0.1, 0.15) is 5.75 Å². The molecule has 0 atom stereocenters. The van der Waals surface area contributed by atoms with E-state index in [1.165, 1.54) is 44.0 Å². The van der Waals surface area contributed by atoms with Crippen molar-refractivity contribution in [1.29, 1.82) is 0 Å². The molecule has 182 valence electrons. The van der Waals surface area contributed by atoms with Crippen LogP contribution >= 0.6 is 0 Å². The third kappa shape index (κ3) is 5.14. The molecular weight excluding hydrogens is 468 g/mol. The third-order valence-electron chi connectivity index (χ3n) is 5.98. The molecule has 0 bridgehead atoms. The second-order valence-corrected chi connectivity index (χ2v) is 10.0. The topological polar surface area (TPSA) is 93.2 Å². The summed E-state index contributed by atoms with van der Waals surface area (Å²) in [5.74, 6) is -0.552. The van der Waals surface area contributed by atoms with Crippen LogP contribution in [0.4, 0.5) is 5.69 Å². The number of methoxy groups -OCH3 is 1. The van der Waals surface area contributed by atoms with E-state index in [2.05, 4.69) is 6.07 Å². The monoisotopic (exact) mass is 494 g/mol. The van der Waals surface area contributed by atoms with Crippen molar-refractivity contribution in [2.24, 2.45) is 0 Å². The molecule has 0 aliphatic carbocycles. The van der Waals surface area contributed by atoms with Gasteiger partial charge in [0.15, 0.2) is 6.61 Å². The summed E-state index contributed by atoms with van der Waals surface area (Å²) in [5, 5.41) is 0. The van der Waals surface area contributed by atoms with Crippen molar-refractivity contribution in [2.45, 2.75) is 17.9 Å². The van der Waals surface area contributed by atoms with E-state index in [1.54, 1.807) is 29.2 Å². The normalized spacial score (nSPS) is 13.0. The minimum atomic E-state index is -3.89. The van der Waals surface area contributed by atoms with E-state index in [0.717, 1.165) is 16.3 Å². The van der Waals surface area contributed by atoms with Crippen molar-refractivity contribution < 1.29 is 27.5 Å². The van der Waals surface area contributed by atoms with Crippen LogP contribution in [0.15, 0.2) is 77.7 Å². The predicted octanol–water partition coefficient (Wildman–Crippen LogP) is 3.26. The van der Waals surface area contributed by atoms with Crippen LogP contribution in [0, 0.1) is 0 Å². The van der Waals surface area contributed by atoms with Crippen LogP contribution in [0.25, 0.3) is 0 Å². The van der Waals surface area contributed by atoms with Gasteiger partial charge in [-0.3, -0.25) is 9.10 Å². The van der Waals surface area contributed by atoms with Crippen molar-refractivity contribution in [2.75, 3.05) is 31.6 Å². The molecule has 1 amide bonds.